The van der Waals surface area contributed by atoms with Crippen LogP contribution in [-0.4, -0.2) is 52.6 Å². The van der Waals surface area contributed by atoms with Crippen LogP contribution in [0.3, 0.4) is 0 Å². The zero-order valence-corrected chi connectivity index (χ0v) is 22.8. The summed E-state index contributed by atoms with van der Waals surface area (Å²) < 4.78 is 39.6. The van der Waals surface area contributed by atoms with Gasteiger partial charge in [-0.3, -0.25) is 14.4 Å². The predicted octanol–water partition coefficient (Wildman–Crippen LogP) is 2.69. The quantitative estimate of drug-likeness (QED) is 0.504. The van der Waals surface area contributed by atoms with Crippen LogP contribution >= 0.6 is 0 Å². The number of allylic oxidation sites excluding steroid dienone is 1. The lowest BCUT2D eigenvalue weighted by atomic mass is 9.80. The number of carbonyl (C=O) groups excluding carboxylic acids is 2. The van der Waals surface area contributed by atoms with Crippen LogP contribution in [0, 0.1) is 12.3 Å². The molecule has 0 spiro atoms. The fourth-order valence-electron chi connectivity index (χ4n) is 4.93. The zero-order valence-electron chi connectivity index (χ0n) is 22.0. The summed E-state index contributed by atoms with van der Waals surface area (Å²) in [6, 6.07) is 11.4. The lowest BCUT2D eigenvalue weighted by Crippen LogP contribution is -2.37. The molecule has 204 valence electrons. The number of hydrogen-bond acceptors (Lipinski definition) is 8. The Morgan fingerprint density at radius 2 is 1.82 bits per heavy atom. The number of nitrogens with one attached hydrogen (secondary N) is 2. The highest BCUT2D eigenvalue weighted by Crippen LogP contribution is 2.44. The van der Waals surface area contributed by atoms with Crippen LogP contribution in [0.1, 0.15) is 24.0 Å². The van der Waals surface area contributed by atoms with Gasteiger partial charge < -0.3 is 14.4 Å². The van der Waals surface area contributed by atoms with Gasteiger partial charge in [0.15, 0.2) is 11.5 Å². The lowest BCUT2D eigenvalue weighted by Gasteiger charge is -2.27. The van der Waals surface area contributed by atoms with E-state index >= 15 is 0 Å². The first-order valence-electron chi connectivity index (χ1n) is 12.3. The molecule has 0 aromatic heterocycles. The third kappa shape index (κ3) is 4.90. The second kappa shape index (κ2) is 9.90. The van der Waals surface area contributed by atoms with Gasteiger partial charge in [0.1, 0.15) is 0 Å². The fourth-order valence-corrected chi connectivity index (χ4v) is 5.92. The van der Waals surface area contributed by atoms with E-state index in [1.54, 1.807) is 55.5 Å². The number of rotatable bonds is 7. The van der Waals surface area contributed by atoms with Gasteiger partial charge in [-0.25, -0.2) is 18.6 Å². The molecule has 2 N–H and O–H groups in total. The molecule has 2 aromatic carbocycles. The third-order valence-corrected chi connectivity index (χ3v) is 8.43. The van der Waals surface area contributed by atoms with Crippen molar-refractivity contribution in [1.82, 2.24) is 15.1 Å². The van der Waals surface area contributed by atoms with Crippen LogP contribution < -0.4 is 19.7 Å². The molecule has 0 radical (unpaired) electrons. The van der Waals surface area contributed by atoms with E-state index in [1.165, 1.54) is 19.2 Å². The van der Waals surface area contributed by atoms with Gasteiger partial charge in [-0.05, 0) is 60.9 Å². The van der Waals surface area contributed by atoms with Gasteiger partial charge in [0.25, 0.3) is 15.9 Å². The topological polar surface area (TPSA) is 123 Å². The Morgan fingerprint density at radius 1 is 1.10 bits per heavy atom. The van der Waals surface area contributed by atoms with Crippen LogP contribution in [0.5, 0.6) is 11.5 Å². The highest BCUT2D eigenvalue weighted by molar-refractivity contribution is 7.90. The molecule has 2 amide bonds. The second-order valence-corrected chi connectivity index (χ2v) is 11.6. The standard InChI is InChI=1S/C28H29N3O7S/c1-17-5-8-19(9-6-17)39(34,35)30-26(32)25(18-7-10-23-24(13-18)38-16-37-23)21-15-31(3)22-14-28(2,12-11-20(21)22)27(33)29-36-4/h5-14,25H,15-16H2,1-4H3,(H,29,33)(H,30,32). The maximum atomic E-state index is 13.8. The Balaban J connectivity index is 1.57. The van der Waals surface area contributed by atoms with Crippen LogP contribution in [0.15, 0.2) is 82.4 Å². The minimum absolute atomic E-state index is 0.00912. The van der Waals surface area contributed by atoms with Crippen molar-refractivity contribution < 1.29 is 32.3 Å². The number of sulfonamides is 1. The zero-order chi connectivity index (χ0) is 27.9. The molecule has 0 saturated heterocycles. The van der Waals surface area contributed by atoms with E-state index < -0.39 is 27.3 Å². The summed E-state index contributed by atoms with van der Waals surface area (Å²) in [4.78, 5) is 33.2. The number of likely N-dealkylation sites (N-methyl/N-ethyl adjacent to an activating group) is 1. The Kier molecular flexibility index (Phi) is 6.73. The molecule has 0 fully saturated rings. The van der Waals surface area contributed by atoms with Crippen LogP contribution in [-0.2, 0) is 24.4 Å². The Bertz CT molecular complexity index is 1540. The molecular weight excluding hydrogens is 522 g/mol. The van der Waals surface area contributed by atoms with E-state index in [1.807, 2.05) is 18.9 Å². The molecule has 2 heterocycles. The van der Waals surface area contributed by atoms with Crippen molar-refractivity contribution in [1.29, 1.82) is 0 Å². The molecule has 2 atom stereocenters. The summed E-state index contributed by atoms with van der Waals surface area (Å²) in [5, 5.41) is 0. The number of benzene rings is 2. The average molecular weight is 552 g/mol. The number of carbonyl (C=O) groups is 2. The molecule has 5 rings (SSSR count). The summed E-state index contributed by atoms with van der Waals surface area (Å²) in [5.74, 6) is -0.994. The van der Waals surface area contributed by atoms with Crippen molar-refractivity contribution in [3.05, 3.63) is 88.7 Å². The number of nitrogens with zero attached hydrogens (tertiary/aromatic N) is 1. The molecule has 10 nitrogen and oxygen atoms in total. The highest BCUT2D eigenvalue weighted by Gasteiger charge is 2.40. The summed E-state index contributed by atoms with van der Waals surface area (Å²) in [6.45, 7) is 4.00. The molecule has 3 aliphatic rings. The van der Waals surface area contributed by atoms with Gasteiger partial charge in [-0.2, -0.15) is 0 Å². The van der Waals surface area contributed by atoms with Crippen LogP contribution in [0.2, 0.25) is 0 Å². The number of fused-ring (bicyclic) bond motifs is 2. The maximum absolute atomic E-state index is 13.8. The molecule has 2 aliphatic heterocycles. The third-order valence-electron chi connectivity index (χ3n) is 7.06. The molecule has 2 unspecified atom stereocenters. The Hall–Kier alpha value is -4.09. The number of amides is 2. The van der Waals surface area contributed by atoms with E-state index in [-0.39, 0.29) is 17.6 Å². The van der Waals surface area contributed by atoms with Gasteiger partial charge in [-0.15, -0.1) is 0 Å². The van der Waals surface area contributed by atoms with Crippen molar-refractivity contribution in [2.24, 2.45) is 5.41 Å². The number of ether oxygens (including phenoxy) is 2. The van der Waals surface area contributed by atoms with Gasteiger partial charge in [-0.1, -0.05) is 35.9 Å². The molecule has 2 aromatic rings. The minimum atomic E-state index is -4.14. The van der Waals surface area contributed by atoms with Gasteiger partial charge in [0.05, 0.1) is 23.3 Å². The van der Waals surface area contributed by atoms with Crippen LogP contribution in [0.4, 0.5) is 0 Å². The highest BCUT2D eigenvalue weighted by atomic mass is 32.2. The molecule has 0 bridgehead atoms. The SMILES string of the molecule is CONC(=O)C1(C)C=CC2=C(C(C(=O)NS(=O)(=O)c3ccc(C)cc3)c3ccc4c(c3)OCO4)CN(C)C2=C1. The lowest BCUT2D eigenvalue weighted by molar-refractivity contribution is -0.136. The molecule has 39 heavy (non-hydrogen) atoms. The summed E-state index contributed by atoms with van der Waals surface area (Å²) in [6.07, 6.45) is 5.34. The summed E-state index contributed by atoms with van der Waals surface area (Å²) in [5.41, 5.74) is 5.01. The minimum Gasteiger partial charge on any atom is -0.454 e. The summed E-state index contributed by atoms with van der Waals surface area (Å²) >= 11 is 0. The number of hydrogen-bond donors (Lipinski definition) is 2. The largest absolute Gasteiger partial charge is 0.454 e. The van der Waals surface area contributed by atoms with Crippen molar-refractivity contribution >= 4 is 21.8 Å². The van der Waals surface area contributed by atoms with Crippen molar-refractivity contribution in [3.63, 3.8) is 0 Å². The summed E-state index contributed by atoms with van der Waals surface area (Å²) in [7, 11) is -0.923. The van der Waals surface area contributed by atoms with Gasteiger partial charge >= 0.3 is 0 Å². The van der Waals surface area contributed by atoms with Crippen molar-refractivity contribution in [2.75, 3.05) is 27.5 Å². The average Bonchev–Trinajstić information content (AvgIpc) is 3.48. The Morgan fingerprint density at radius 3 is 2.54 bits per heavy atom. The van der Waals surface area contributed by atoms with Crippen molar-refractivity contribution in [2.45, 2.75) is 24.7 Å². The molecule has 11 heteroatoms. The first-order chi connectivity index (χ1) is 18.5. The van der Waals surface area contributed by atoms with E-state index in [0.717, 1.165) is 16.8 Å². The molecule has 1 aliphatic carbocycles. The predicted molar refractivity (Wildman–Crippen MR) is 142 cm³/mol. The van der Waals surface area contributed by atoms with Gasteiger partial charge in [0, 0.05) is 19.3 Å². The number of hydroxylamine groups is 1. The van der Waals surface area contributed by atoms with E-state index in [2.05, 4.69) is 10.2 Å². The Labute approximate surface area is 226 Å². The van der Waals surface area contributed by atoms with E-state index in [4.69, 9.17) is 14.3 Å². The van der Waals surface area contributed by atoms with Crippen LogP contribution in [0.25, 0.3) is 0 Å². The number of aryl methyl sites for hydroxylation is 1. The first-order valence-corrected chi connectivity index (χ1v) is 13.7. The smallest absolute Gasteiger partial charge is 0.264 e. The van der Waals surface area contributed by atoms with E-state index in [0.29, 0.717) is 29.2 Å². The monoisotopic (exact) mass is 551 g/mol. The second-order valence-electron chi connectivity index (χ2n) is 9.90. The molecular formula is C28H29N3O7S. The van der Waals surface area contributed by atoms with E-state index in [9.17, 15) is 18.0 Å². The fraction of sp³-hybridized carbons (Fsp3) is 0.286. The normalized spacial score (nSPS) is 20.4. The first kappa shape index (κ1) is 26.5. The maximum Gasteiger partial charge on any atom is 0.264 e. The molecule has 0 saturated carbocycles. The van der Waals surface area contributed by atoms with Crippen molar-refractivity contribution in [3.8, 4) is 11.5 Å². The van der Waals surface area contributed by atoms with Gasteiger partial charge in [0.2, 0.25) is 12.7 Å².